The third-order valence-corrected chi connectivity index (χ3v) is 2.02. The van der Waals surface area contributed by atoms with Crippen molar-refractivity contribution >= 4 is 24.0 Å². The van der Waals surface area contributed by atoms with Gasteiger partial charge in [-0.25, -0.2) is 8.78 Å². The van der Waals surface area contributed by atoms with E-state index in [0.717, 1.165) is 5.56 Å². The zero-order valence-electron chi connectivity index (χ0n) is 9.00. The summed E-state index contributed by atoms with van der Waals surface area (Å²) in [4.78, 5) is 10.9. The molecule has 0 atom stereocenters. The van der Waals surface area contributed by atoms with E-state index in [0.29, 0.717) is 0 Å². The Kier molecular flexibility index (Phi) is 6.07. The van der Waals surface area contributed by atoms with Crippen LogP contribution in [0.3, 0.4) is 0 Å². The Morgan fingerprint density at radius 1 is 1.28 bits per heavy atom. The lowest BCUT2D eigenvalue weighted by atomic mass is 10.2. The lowest BCUT2D eigenvalue weighted by Gasteiger charge is -2.14. The smallest absolute Gasteiger partial charge is 0.326 e. The van der Waals surface area contributed by atoms with E-state index >= 15 is 0 Å². The largest absolute Gasteiger partial charge is 0.383 e. The van der Waals surface area contributed by atoms with Crippen molar-refractivity contribution in [2.75, 3.05) is 5.32 Å². The summed E-state index contributed by atoms with van der Waals surface area (Å²) in [6, 6.07) is 5.61. The van der Waals surface area contributed by atoms with Crippen molar-refractivity contribution < 1.29 is 22.4 Å². The molecule has 1 amide bonds. The molecule has 0 heterocycles. The van der Waals surface area contributed by atoms with Crippen LogP contribution in [0.1, 0.15) is 5.56 Å². The number of hydrogen-bond acceptors (Lipinski definition) is 2. The van der Waals surface area contributed by atoms with Gasteiger partial charge in [-0.3, -0.25) is 4.79 Å². The number of hydrogen-bond donors (Lipinski definition) is 2. The second kappa shape index (κ2) is 6.55. The summed E-state index contributed by atoms with van der Waals surface area (Å²) in [6.07, 6.45) is -4.04. The molecule has 0 spiro atoms. The van der Waals surface area contributed by atoms with Crippen LogP contribution in [-0.2, 0) is 11.3 Å². The van der Waals surface area contributed by atoms with Crippen LogP contribution in [0.2, 0.25) is 0 Å². The van der Waals surface area contributed by atoms with Crippen LogP contribution in [0.15, 0.2) is 24.3 Å². The SMILES string of the molecule is Cl.NCc1ccc(NC(=O)C(F)(F)C(F)F)cc1. The molecule has 0 saturated heterocycles. The number of amides is 1. The van der Waals surface area contributed by atoms with Crippen LogP contribution >= 0.6 is 12.4 Å². The van der Waals surface area contributed by atoms with Crippen LogP contribution in [0, 0.1) is 0 Å². The number of alkyl halides is 4. The summed E-state index contributed by atoms with van der Waals surface area (Å²) in [7, 11) is 0. The van der Waals surface area contributed by atoms with E-state index in [9.17, 15) is 22.4 Å². The molecular formula is C10H11ClF4N2O. The summed E-state index contributed by atoms with van der Waals surface area (Å²) >= 11 is 0. The Hall–Kier alpha value is -1.34. The summed E-state index contributed by atoms with van der Waals surface area (Å²) in [5.41, 5.74) is 6.04. The monoisotopic (exact) mass is 286 g/mol. The number of rotatable bonds is 4. The third kappa shape index (κ3) is 3.85. The maximum atomic E-state index is 12.6. The van der Waals surface area contributed by atoms with Crippen molar-refractivity contribution in [2.24, 2.45) is 5.73 Å². The fourth-order valence-electron chi connectivity index (χ4n) is 1.04. The van der Waals surface area contributed by atoms with Gasteiger partial charge < -0.3 is 11.1 Å². The van der Waals surface area contributed by atoms with Gasteiger partial charge in [-0.2, -0.15) is 8.78 Å². The highest BCUT2D eigenvalue weighted by Crippen LogP contribution is 2.24. The Morgan fingerprint density at radius 3 is 2.17 bits per heavy atom. The van der Waals surface area contributed by atoms with Crippen molar-refractivity contribution in [3.8, 4) is 0 Å². The number of anilines is 1. The number of halogens is 5. The number of benzene rings is 1. The quantitative estimate of drug-likeness (QED) is 0.835. The van der Waals surface area contributed by atoms with Gasteiger partial charge in [0.05, 0.1) is 0 Å². The topological polar surface area (TPSA) is 55.1 Å². The summed E-state index contributed by atoms with van der Waals surface area (Å²) < 4.78 is 48.9. The van der Waals surface area contributed by atoms with E-state index in [2.05, 4.69) is 0 Å². The first-order valence-electron chi connectivity index (χ1n) is 4.64. The fourth-order valence-corrected chi connectivity index (χ4v) is 1.04. The predicted molar refractivity (Wildman–Crippen MR) is 61.2 cm³/mol. The van der Waals surface area contributed by atoms with Gasteiger partial charge in [0.25, 0.3) is 0 Å². The van der Waals surface area contributed by atoms with Crippen LogP contribution in [-0.4, -0.2) is 18.3 Å². The second-order valence-electron chi connectivity index (χ2n) is 3.28. The van der Waals surface area contributed by atoms with E-state index in [1.54, 1.807) is 5.32 Å². The average Bonchev–Trinajstić information content (AvgIpc) is 2.29. The van der Waals surface area contributed by atoms with Gasteiger partial charge in [-0.05, 0) is 17.7 Å². The fraction of sp³-hybridized carbons (Fsp3) is 0.300. The Labute approximate surface area is 107 Å². The molecule has 0 bridgehead atoms. The lowest BCUT2D eigenvalue weighted by Crippen LogP contribution is -2.40. The molecule has 0 aliphatic rings. The molecule has 0 aliphatic carbocycles. The molecule has 3 N–H and O–H groups in total. The Morgan fingerprint density at radius 2 is 1.78 bits per heavy atom. The molecule has 3 nitrogen and oxygen atoms in total. The molecule has 0 unspecified atom stereocenters. The van der Waals surface area contributed by atoms with E-state index in [-0.39, 0.29) is 24.6 Å². The molecule has 1 aromatic carbocycles. The molecule has 0 aromatic heterocycles. The first-order valence-corrected chi connectivity index (χ1v) is 4.64. The summed E-state index contributed by atoms with van der Waals surface area (Å²) in [5.74, 6) is -6.74. The minimum absolute atomic E-state index is 0. The highest BCUT2D eigenvalue weighted by Gasteiger charge is 2.48. The van der Waals surface area contributed by atoms with Gasteiger partial charge in [0.2, 0.25) is 0 Å². The van der Waals surface area contributed by atoms with E-state index in [1.807, 2.05) is 0 Å². The average molecular weight is 287 g/mol. The first-order chi connectivity index (χ1) is 7.87. The Bertz CT molecular complexity index is 397. The zero-order valence-corrected chi connectivity index (χ0v) is 9.82. The molecule has 8 heteroatoms. The minimum atomic E-state index is -4.70. The molecule has 102 valence electrons. The highest BCUT2D eigenvalue weighted by atomic mass is 35.5. The van der Waals surface area contributed by atoms with Crippen LogP contribution in [0.25, 0.3) is 0 Å². The van der Waals surface area contributed by atoms with E-state index in [1.165, 1.54) is 24.3 Å². The number of carbonyl (C=O) groups excluding carboxylic acids is 1. The number of nitrogens with one attached hydrogen (secondary N) is 1. The molecule has 0 radical (unpaired) electrons. The molecule has 0 fully saturated rings. The van der Waals surface area contributed by atoms with Crippen molar-refractivity contribution in [2.45, 2.75) is 18.9 Å². The van der Waals surface area contributed by atoms with E-state index in [4.69, 9.17) is 5.73 Å². The maximum Gasteiger partial charge on any atom is 0.383 e. The Balaban J connectivity index is 0.00000289. The lowest BCUT2D eigenvalue weighted by molar-refractivity contribution is -0.163. The molecular weight excluding hydrogens is 276 g/mol. The van der Waals surface area contributed by atoms with Gasteiger partial charge in [0.15, 0.2) is 0 Å². The van der Waals surface area contributed by atoms with Gasteiger partial charge in [-0.15, -0.1) is 12.4 Å². The molecule has 0 aliphatic heterocycles. The normalized spacial score (nSPS) is 11.0. The molecule has 1 rings (SSSR count). The van der Waals surface area contributed by atoms with Gasteiger partial charge in [0, 0.05) is 12.2 Å². The third-order valence-electron chi connectivity index (χ3n) is 2.02. The van der Waals surface area contributed by atoms with Gasteiger partial charge in [-0.1, -0.05) is 12.1 Å². The highest BCUT2D eigenvalue weighted by molar-refractivity contribution is 5.96. The van der Waals surface area contributed by atoms with Gasteiger partial charge >= 0.3 is 18.3 Å². The predicted octanol–water partition coefficient (Wildman–Crippen LogP) is 2.41. The number of nitrogens with two attached hydrogens (primary N) is 1. The van der Waals surface area contributed by atoms with Crippen molar-refractivity contribution in [3.63, 3.8) is 0 Å². The summed E-state index contributed by atoms with van der Waals surface area (Å²) in [5, 5.41) is 1.71. The second-order valence-corrected chi connectivity index (χ2v) is 3.28. The zero-order chi connectivity index (χ0) is 13.1. The minimum Gasteiger partial charge on any atom is -0.326 e. The van der Waals surface area contributed by atoms with Crippen molar-refractivity contribution in [1.29, 1.82) is 0 Å². The van der Waals surface area contributed by atoms with Crippen LogP contribution in [0.4, 0.5) is 23.2 Å². The standard InChI is InChI=1S/C10H10F4N2O.ClH/c11-8(12)10(13,14)9(17)16-7-3-1-6(5-15)2-4-7;/h1-4,8H,5,15H2,(H,16,17);1H. The van der Waals surface area contributed by atoms with Crippen LogP contribution < -0.4 is 11.1 Å². The van der Waals surface area contributed by atoms with E-state index < -0.39 is 18.3 Å². The van der Waals surface area contributed by atoms with Crippen LogP contribution in [0.5, 0.6) is 0 Å². The summed E-state index contributed by atoms with van der Waals surface area (Å²) in [6.45, 7) is 0.251. The first kappa shape index (κ1) is 16.7. The molecule has 18 heavy (non-hydrogen) atoms. The van der Waals surface area contributed by atoms with Gasteiger partial charge in [0.1, 0.15) is 0 Å². The van der Waals surface area contributed by atoms with Crippen molar-refractivity contribution in [1.82, 2.24) is 0 Å². The molecule has 0 saturated carbocycles. The van der Waals surface area contributed by atoms with Crippen molar-refractivity contribution in [3.05, 3.63) is 29.8 Å². The maximum absolute atomic E-state index is 12.6. The molecule has 1 aromatic rings. The number of carbonyl (C=O) groups is 1.